The number of amides is 3. The zero-order valence-corrected chi connectivity index (χ0v) is 25.4. The van der Waals surface area contributed by atoms with Gasteiger partial charge in [0, 0.05) is 37.7 Å². The van der Waals surface area contributed by atoms with Crippen molar-refractivity contribution in [3.8, 4) is 0 Å². The fourth-order valence-corrected chi connectivity index (χ4v) is 5.41. The first-order valence-electron chi connectivity index (χ1n) is 12.6. The highest BCUT2D eigenvalue weighted by Gasteiger charge is 2.55. The SMILES string of the molecule is CC(=O)ON=C(C(=O)NC1C(=O)N2C(C(=O)OCCOC(=O)OC(C)C)=C(COC(=O)N(C)C)CS[C@@H]12)c1csc(N)n1. The van der Waals surface area contributed by atoms with Crippen molar-refractivity contribution in [2.24, 2.45) is 5.16 Å². The van der Waals surface area contributed by atoms with Crippen LogP contribution in [0.2, 0.25) is 0 Å². The molecule has 234 valence electrons. The Balaban J connectivity index is 1.76. The molecule has 0 bridgehead atoms. The number of hydrogen-bond acceptors (Lipinski definition) is 16. The van der Waals surface area contributed by atoms with E-state index in [0.717, 1.165) is 23.2 Å². The lowest BCUT2D eigenvalue weighted by molar-refractivity contribution is -0.153. The number of rotatable bonds is 11. The highest BCUT2D eigenvalue weighted by molar-refractivity contribution is 8.00. The maximum atomic E-state index is 13.3. The van der Waals surface area contributed by atoms with Crippen LogP contribution in [-0.4, -0.2) is 114 Å². The molecule has 3 heterocycles. The van der Waals surface area contributed by atoms with E-state index in [0.29, 0.717) is 0 Å². The Kier molecular flexibility index (Phi) is 11.3. The smallest absolute Gasteiger partial charge is 0.457 e. The van der Waals surface area contributed by atoms with Gasteiger partial charge in [0.2, 0.25) is 0 Å². The van der Waals surface area contributed by atoms with Gasteiger partial charge in [-0.25, -0.2) is 24.2 Å². The second-order valence-electron chi connectivity index (χ2n) is 9.26. The number of carbonyl (C=O) groups excluding carboxylic acids is 6. The predicted octanol–water partition coefficient (Wildman–Crippen LogP) is 0.450. The number of β-lactam (4-membered cyclic amide) rings is 1. The van der Waals surface area contributed by atoms with Crippen LogP contribution in [0.25, 0.3) is 0 Å². The van der Waals surface area contributed by atoms with E-state index < -0.39 is 59.2 Å². The molecule has 0 saturated carbocycles. The molecule has 0 aliphatic carbocycles. The minimum atomic E-state index is -1.11. The number of thiazole rings is 1. The number of nitrogen functional groups attached to an aromatic ring is 1. The summed E-state index contributed by atoms with van der Waals surface area (Å²) in [5, 5.41) is 6.89. The number of hydrogen-bond donors (Lipinski definition) is 2. The fraction of sp³-hybridized carbons (Fsp3) is 0.500. The molecule has 0 aromatic carbocycles. The quantitative estimate of drug-likeness (QED) is 0.0637. The van der Waals surface area contributed by atoms with Crippen LogP contribution in [0.15, 0.2) is 21.8 Å². The van der Waals surface area contributed by atoms with Crippen LogP contribution in [0.3, 0.4) is 0 Å². The van der Waals surface area contributed by atoms with Crippen LogP contribution in [0.4, 0.5) is 14.7 Å². The first-order chi connectivity index (χ1) is 20.3. The van der Waals surface area contributed by atoms with Crippen LogP contribution < -0.4 is 11.1 Å². The van der Waals surface area contributed by atoms with E-state index in [-0.39, 0.29) is 47.7 Å². The zero-order chi connectivity index (χ0) is 31.8. The number of esters is 1. The van der Waals surface area contributed by atoms with Gasteiger partial charge in [-0.05, 0) is 13.8 Å². The van der Waals surface area contributed by atoms with E-state index in [1.807, 2.05) is 0 Å². The standard InChI is InChI=1S/C24H30N6O11S2/c1-11(2)40-24(36)38-7-6-37-21(34)17-13(8-39-23(35)29(4)5)9-42-20-16(19(33)30(17)20)27-18(32)15(28-41-12(3)31)14-10-43-22(25)26-14/h10-11,16,20H,6-9H2,1-5H3,(H2,25,26)(H,27,32)/t16?,20-/m0/s1. The van der Waals surface area contributed by atoms with Gasteiger partial charge in [-0.15, -0.1) is 23.1 Å². The Morgan fingerprint density at radius 2 is 1.88 bits per heavy atom. The number of nitrogens with zero attached hydrogens (tertiary/aromatic N) is 4. The average Bonchev–Trinajstić information content (AvgIpc) is 3.36. The third-order valence-electron chi connectivity index (χ3n) is 5.38. The molecule has 1 fully saturated rings. The lowest BCUT2D eigenvalue weighted by Crippen LogP contribution is -2.71. The molecule has 1 aromatic heterocycles. The normalized spacial score (nSPS) is 17.9. The van der Waals surface area contributed by atoms with Gasteiger partial charge >= 0.3 is 24.2 Å². The van der Waals surface area contributed by atoms with Gasteiger partial charge < -0.3 is 39.7 Å². The van der Waals surface area contributed by atoms with Crippen molar-refractivity contribution < 1.29 is 52.6 Å². The Labute approximate surface area is 253 Å². The summed E-state index contributed by atoms with van der Waals surface area (Å²) in [6, 6.07) is -1.11. The summed E-state index contributed by atoms with van der Waals surface area (Å²) in [4.78, 5) is 85.3. The Morgan fingerprint density at radius 1 is 1.19 bits per heavy atom. The number of nitrogens with one attached hydrogen (secondary N) is 1. The number of ether oxygens (including phenoxy) is 4. The summed E-state index contributed by atoms with van der Waals surface area (Å²) in [5.74, 6) is -3.14. The Morgan fingerprint density at radius 3 is 2.49 bits per heavy atom. The molecule has 3 rings (SSSR count). The highest BCUT2D eigenvalue weighted by atomic mass is 32.2. The third-order valence-corrected chi connectivity index (χ3v) is 7.39. The van der Waals surface area contributed by atoms with E-state index in [9.17, 15) is 28.8 Å². The van der Waals surface area contributed by atoms with Crippen molar-refractivity contribution in [3.05, 3.63) is 22.3 Å². The number of aromatic nitrogens is 1. The maximum absolute atomic E-state index is 13.3. The molecular formula is C24H30N6O11S2. The average molecular weight is 643 g/mol. The number of carbonyl (C=O) groups is 6. The van der Waals surface area contributed by atoms with Crippen molar-refractivity contribution in [2.75, 3.05) is 45.4 Å². The molecular weight excluding hydrogens is 612 g/mol. The van der Waals surface area contributed by atoms with Crippen molar-refractivity contribution in [1.29, 1.82) is 0 Å². The maximum Gasteiger partial charge on any atom is 0.508 e. The molecule has 19 heteroatoms. The first-order valence-corrected chi connectivity index (χ1v) is 14.5. The van der Waals surface area contributed by atoms with E-state index in [4.69, 9.17) is 24.7 Å². The zero-order valence-electron chi connectivity index (χ0n) is 23.8. The van der Waals surface area contributed by atoms with Gasteiger partial charge in [0.25, 0.3) is 11.8 Å². The Hall–Kier alpha value is -4.39. The molecule has 1 aromatic rings. The summed E-state index contributed by atoms with van der Waals surface area (Å²) in [5.41, 5.74) is 5.40. The van der Waals surface area contributed by atoms with Crippen LogP contribution in [0, 0.1) is 0 Å². The summed E-state index contributed by atoms with van der Waals surface area (Å²) >= 11 is 2.22. The van der Waals surface area contributed by atoms with Crippen molar-refractivity contribution in [1.82, 2.24) is 20.1 Å². The molecule has 1 unspecified atom stereocenters. The van der Waals surface area contributed by atoms with Gasteiger partial charge in [-0.1, -0.05) is 5.16 Å². The second-order valence-corrected chi connectivity index (χ2v) is 11.3. The number of fused-ring (bicyclic) bond motifs is 1. The number of nitrogens with two attached hydrogens (primary N) is 1. The monoisotopic (exact) mass is 642 g/mol. The molecule has 0 spiro atoms. The third kappa shape index (κ3) is 8.57. The molecule has 17 nitrogen and oxygen atoms in total. The molecule has 43 heavy (non-hydrogen) atoms. The summed E-state index contributed by atoms with van der Waals surface area (Å²) in [7, 11) is 2.96. The molecule has 2 atom stereocenters. The summed E-state index contributed by atoms with van der Waals surface area (Å²) in [6.07, 6.45) is -2.02. The van der Waals surface area contributed by atoms with Gasteiger partial charge in [-0.3, -0.25) is 14.5 Å². The van der Waals surface area contributed by atoms with Gasteiger partial charge in [-0.2, -0.15) is 0 Å². The van der Waals surface area contributed by atoms with Crippen molar-refractivity contribution >= 4 is 69.9 Å². The lowest BCUT2D eigenvalue weighted by Gasteiger charge is -2.49. The predicted molar refractivity (Wildman–Crippen MR) is 150 cm³/mol. The van der Waals surface area contributed by atoms with Crippen molar-refractivity contribution in [2.45, 2.75) is 38.3 Å². The molecule has 3 amide bonds. The second kappa shape index (κ2) is 14.7. The largest absolute Gasteiger partial charge is 0.508 e. The molecule has 0 radical (unpaired) electrons. The first kappa shape index (κ1) is 33.1. The molecule has 1 saturated heterocycles. The van der Waals surface area contributed by atoms with Gasteiger partial charge in [0.1, 0.15) is 42.6 Å². The van der Waals surface area contributed by atoms with Gasteiger partial charge in [0.15, 0.2) is 10.8 Å². The number of anilines is 1. The van der Waals surface area contributed by atoms with E-state index >= 15 is 0 Å². The van der Waals surface area contributed by atoms with Crippen LogP contribution in [-0.2, 0) is 43.0 Å². The van der Waals surface area contributed by atoms with Crippen LogP contribution >= 0.6 is 23.1 Å². The van der Waals surface area contributed by atoms with Crippen LogP contribution in [0.1, 0.15) is 26.5 Å². The van der Waals surface area contributed by atoms with E-state index in [1.54, 1.807) is 13.8 Å². The number of oxime groups is 1. The number of thioether (sulfide) groups is 1. The fourth-order valence-electron chi connectivity index (χ4n) is 3.54. The summed E-state index contributed by atoms with van der Waals surface area (Å²) in [6.45, 7) is 3.38. The highest BCUT2D eigenvalue weighted by Crippen LogP contribution is 2.40. The van der Waals surface area contributed by atoms with E-state index in [2.05, 4.69) is 20.3 Å². The van der Waals surface area contributed by atoms with E-state index in [1.165, 1.54) is 36.1 Å². The summed E-state index contributed by atoms with van der Waals surface area (Å²) < 4.78 is 20.1. The Bertz CT molecular complexity index is 1340. The molecule has 2 aliphatic rings. The minimum absolute atomic E-state index is 0.0230. The van der Waals surface area contributed by atoms with Crippen LogP contribution in [0.5, 0.6) is 0 Å². The lowest BCUT2D eigenvalue weighted by atomic mass is 10.0. The molecule has 2 aliphatic heterocycles. The topological polar surface area (TPSA) is 218 Å². The minimum Gasteiger partial charge on any atom is -0.457 e. The molecule has 3 N–H and O–H groups in total. The van der Waals surface area contributed by atoms with Crippen molar-refractivity contribution in [3.63, 3.8) is 0 Å². The van der Waals surface area contributed by atoms with Gasteiger partial charge in [0.05, 0.1) is 6.10 Å².